The molecule has 19 heavy (non-hydrogen) atoms. The van der Waals surface area contributed by atoms with Crippen LogP contribution in [-0.4, -0.2) is 11.5 Å². The summed E-state index contributed by atoms with van der Waals surface area (Å²) in [6.45, 7) is 0.914. The van der Waals surface area contributed by atoms with Crippen LogP contribution in [0.5, 0.6) is 0 Å². The van der Waals surface area contributed by atoms with Crippen molar-refractivity contribution in [2.75, 3.05) is 11.9 Å². The number of benzene rings is 1. The molecule has 0 unspecified atom stereocenters. The highest BCUT2D eigenvalue weighted by Gasteiger charge is 2.04. The molecule has 0 aliphatic heterocycles. The predicted octanol–water partition coefficient (Wildman–Crippen LogP) is 4.53. The predicted molar refractivity (Wildman–Crippen MR) is 84.1 cm³/mol. The lowest BCUT2D eigenvalue weighted by molar-refractivity contribution is 0.979. The Kier molecular flexibility index (Phi) is 3.91. The van der Waals surface area contributed by atoms with Crippen molar-refractivity contribution in [1.82, 2.24) is 4.98 Å². The number of thiazole rings is 1. The van der Waals surface area contributed by atoms with Crippen LogP contribution in [0.3, 0.4) is 0 Å². The van der Waals surface area contributed by atoms with Gasteiger partial charge in [0, 0.05) is 35.0 Å². The summed E-state index contributed by atoms with van der Waals surface area (Å²) in [4.78, 5) is 4.67. The van der Waals surface area contributed by atoms with Gasteiger partial charge in [-0.05, 0) is 23.6 Å². The molecule has 2 nitrogen and oxygen atoms in total. The number of nitrogens with zero attached hydrogens (tertiary/aromatic N) is 1. The van der Waals surface area contributed by atoms with Gasteiger partial charge in [0.1, 0.15) is 5.01 Å². The third-order valence-electron chi connectivity index (χ3n) is 2.80. The molecule has 0 saturated carbocycles. The molecule has 0 atom stereocenters. The Morgan fingerprint density at radius 3 is 2.74 bits per heavy atom. The number of thiophene rings is 1. The number of hydrogen-bond donors (Lipinski definition) is 1. The van der Waals surface area contributed by atoms with Crippen LogP contribution in [0.1, 0.15) is 5.69 Å². The van der Waals surface area contributed by atoms with E-state index in [4.69, 9.17) is 0 Å². The van der Waals surface area contributed by atoms with E-state index in [1.807, 2.05) is 18.2 Å². The van der Waals surface area contributed by atoms with E-state index in [1.165, 1.54) is 5.56 Å². The highest BCUT2D eigenvalue weighted by Crippen LogP contribution is 2.25. The number of nitrogens with one attached hydrogen (secondary N) is 1. The van der Waals surface area contributed by atoms with E-state index in [2.05, 4.69) is 44.6 Å². The van der Waals surface area contributed by atoms with Gasteiger partial charge in [0.2, 0.25) is 0 Å². The summed E-state index contributed by atoms with van der Waals surface area (Å²) in [6.07, 6.45) is 0.954. The van der Waals surface area contributed by atoms with E-state index in [0.717, 1.165) is 29.4 Å². The maximum absolute atomic E-state index is 4.67. The van der Waals surface area contributed by atoms with Gasteiger partial charge in [0.25, 0.3) is 0 Å². The monoisotopic (exact) mass is 286 g/mol. The molecule has 1 N–H and O–H groups in total. The van der Waals surface area contributed by atoms with Gasteiger partial charge in [-0.2, -0.15) is 11.3 Å². The zero-order valence-electron chi connectivity index (χ0n) is 10.4. The Bertz CT molecular complexity index is 615. The topological polar surface area (TPSA) is 24.9 Å². The van der Waals surface area contributed by atoms with E-state index >= 15 is 0 Å². The maximum Gasteiger partial charge on any atom is 0.124 e. The lowest BCUT2D eigenvalue weighted by Crippen LogP contribution is -2.04. The van der Waals surface area contributed by atoms with Crippen molar-refractivity contribution in [3.63, 3.8) is 0 Å². The molecule has 0 aliphatic carbocycles. The zero-order valence-corrected chi connectivity index (χ0v) is 12.0. The van der Waals surface area contributed by atoms with E-state index in [1.54, 1.807) is 22.7 Å². The number of aromatic nitrogens is 1. The highest BCUT2D eigenvalue weighted by molar-refractivity contribution is 7.14. The van der Waals surface area contributed by atoms with Crippen molar-refractivity contribution in [3.8, 4) is 10.6 Å². The molecule has 0 aliphatic rings. The molecule has 4 heteroatoms. The first-order chi connectivity index (χ1) is 9.42. The van der Waals surface area contributed by atoms with E-state index in [0.29, 0.717) is 0 Å². The standard InChI is InChI=1S/C15H14N2S2/c1-2-4-13(5-3-1)16-8-6-14-11-19-15(17-14)12-7-9-18-10-12/h1-5,7,9-11,16H,6,8H2. The summed E-state index contributed by atoms with van der Waals surface area (Å²) in [5, 5.41) is 10.9. The lowest BCUT2D eigenvalue weighted by atomic mass is 10.3. The molecule has 0 saturated heterocycles. The van der Waals surface area contributed by atoms with E-state index in [9.17, 15) is 0 Å². The van der Waals surface area contributed by atoms with Crippen LogP contribution in [0.2, 0.25) is 0 Å². The van der Waals surface area contributed by atoms with Gasteiger partial charge in [-0.3, -0.25) is 0 Å². The second-order valence-corrected chi connectivity index (χ2v) is 5.84. The Morgan fingerprint density at radius 2 is 1.95 bits per heavy atom. The molecule has 3 rings (SSSR count). The molecule has 0 bridgehead atoms. The van der Waals surface area contributed by atoms with Crippen LogP contribution in [0.4, 0.5) is 5.69 Å². The zero-order chi connectivity index (χ0) is 12.9. The average molecular weight is 286 g/mol. The molecule has 0 spiro atoms. The fourth-order valence-corrected chi connectivity index (χ4v) is 3.40. The molecular weight excluding hydrogens is 272 g/mol. The lowest BCUT2D eigenvalue weighted by Gasteiger charge is -2.03. The Labute approximate surface area is 120 Å². The van der Waals surface area contributed by atoms with Gasteiger partial charge in [-0.25, -0.2) is 4.98 Å². The quantitative estimate of drug-likeness (QED) is 0.745. The normalized spacial score (nSPS) is 10.5. The Morgan fingerprint density at radius 1 is 1.05 bits per heavy atom. The first-order valence-corrected chi connectivity index (χ1v) is 8.00. The fraction of sp³-hybridized carbons (Fsp3) is 0.133. The highest BCUT2D eigenvalue weighted by atomic mass is 32.1. The van der Waals surface area contributed by atoms with Crippen molar-refractivity contribution < 1.29 is 0 Å². The van der Waals surface area contributed by atoms with Gasteiger partial charge in [-0.1, -0.05) is 18.2 Å². The molecule has 1 aromatic carbocycles. The van der Waals surface area contributed by atoms with Crippen LogP contribution in [0, 0.1) is 0 Å². The summed E-state index contributed by atoms with van der Waals surface area (Å²) in [5.74, 6) is 0. The molecular formula is C15H14N2S2. The van der Waals surface area contributed by atoms with Crippen molar-refractivity contribution in [2.24, 2.45) is 0 Å². The average Bonchev–Trinajstić information content (AvgIpc) is 3.10. The summed E-state index contributed by atoms with van der Waals surface area (Å²) >= 11 is 3.43. The first kappa shape index (κ1) is 12.4. The van der Waals surface area contributed by atoms with Gasteiger partial charge in [0.15, 0.2) is 0 Å². The minimum absolute atomic E-state index is 0.914. The van der Waals surface area contributed by atoms with Gasteiger partial charge < -0.3 is 5.32 Å². The number of para-hydroxylation sites is 1. The van der Waals surface area contributed by atoms with Crippen LogP contribution >= 0.6 is 22.7 Å². The number of hydrogen-bond acceptors (Lipinski definition) is 4. The third-order valence-corrected chi connectivity index (χ3v) is 4.43. The van der Waals surface area contributed by atoms with Crippen molar-refractivity contribution >= 4 is 28.4 Å². The maximum atomic E-state index is 4.67. The molecule has 3 aromatic rings. The summed E-state index contributed by atoms with van der Waals surface area (Å²) in [5.41, 5.74) is 3.56. The van der Waals surface area contributed by atoms with Gasteiger partial charge >= 0.3 is 0 Å². The Hall–Kier alpha value is -1.65. The minimum atomic E-state index is 0.914. The molecule has 96 valence electrons. The molecule has 2 heterocycles. The van der Waals surface area contributed by atoms with Crippen molar-refractivity contribution in [3.05, 3.63) is 58.2 Å². The van der Waals surface area contributed by atoms with E-state index in [-0.39, 0.29) is 0 Å². The molecule has 2 aromatic heterocycles. The van der Waals surface area contributed by atoms with Gasteiger partial charge in [-0.15, -0.1) is 11.3 Å². The molecule has 0 amide bonds. The Balaban J connectivity index is 1.56. The van der Waals surface area contributed by atoms with Crippen LogP contribution < -0.4 is 5.32 Å². The summed E-state index contributed by atoms with van der Waals surface area (Å²) in [7, 11) is 0. The molecule has 0 fully saturated rings. The molecule has 0 radical (unpaired) electrons. The number of anilines is 1. The number of rotatable bonds is 5. The fourth-order valence-electron chi connectivity index (χ4n) is 1.83. The second-order valence-electron chi connectivity index (χ2n) is 4.20. The van der Waals surface area contributed by atoms with Crippen molar-refractivity contribution in [1.29, 1.82) is 0 Å². The second kappa shape index (κ2) is 5.99. The van der Waals surface area contributed by atoms with Crippen molar-refractivity contribution in [2.45, 2.75) is 6.42 Å². The van der Waals surface area contributed by atoms with Crippen LogP contribution in [0.15, 0.2) is 52.5 Å². The first-order valence-electron chi connectivity index (χ1n) is 6.18. The van der Waals surface area contributed by atoms with Crippen LogP contribution in [-0.2, 0) is 6.42 Å². The SMILES string of the molecule is c1ccc(NCCc2csc(-c3ccsc3)n2)cc1. The smallest absolute Gasteiger partial charge is 0.124 e. The minimum Gasteiger partial charge on any atom is -0.385 e. The third kappa shape index (κ3) is 3.22. The van der Waals surface area contributed by atoms with Crippen LogP contribution in [0.25, 0.3) is 10.6 Å². The largest absolute Gasteiger partial charge is 0.385 e. The summed E-state index contributed by atoms with van der Waals surface area (Å²) in [6, 6.07) is 12.4. The summed E-state index contributed by atoms with van der Waals surface area (Å²) < 4.78 is 0. The van der Waals surface area contributed by atoms with Gasteiger partial charge in [0.05, 0.1) is 5.69 Å². The van der Waals surface area contributed by atoms with E-state index < -0.39 is 0 Å².